The van der Waals surface area contributed by atoms with Gasteiger partial charge in [-0.25, -0.2) is 9.18 Å². The molecule has 8 heteroatoms. The van der Waals surface area contributed by atoms with Gasteiger partial charge in [-0.3, -0.25) is 14.5 Å². The van der Waals surface area contributed by atoms with Gasteiger partial charge in [0.05, 0.1) is 17.9 Å². The predicted octanol–water partition coefficient (Wildman–Crippen LogP) is 0.929. The molecule has 0 saturated carbocycles. The molecule has 0 aromatic heterocycles. The van der Waals surface area contributed by atoms with Gasteiger partial charge in [-0.2, -0.15) is 0 Å². The van der Waals surface area contributed by atoms with Crippen LogP contribution in [0.1, 0.15) is 6.42 Å². The Morgan fingerprint density at radius 1 is 1.35 bits per heavy atom. The molecular weight excluding hydrogens is 305 g/mol. The SMILES string of the molecule is NC(=O)[C@H]1CN(c2ccc(N3C=CC(=O)CC3)c(F)c2)C(=O)O1. The molecule has 0 radical (unpaired) electrons. The van der Waals surface area contributed by atoms with E-state index >= 15 is 0 Å². The van der Waals surface area contributed by atoms with Crippen LogP contribution in [0.25, 0.3) is 0 Å². The summed E-state index contributed by atoms with van der Waals surface area (Å²) in [5.41, 5.74) is 5.68. The van der Waals surface area contributed by atoms with Gasteiger partial charge < -0.3 is 15.4 Å². The first-order chi connectivity index (χ1) is 11.0. The van der Waals surface area contributed by atoms with E-state index in [4.69, 9.17) is 10.5 Å². The van der Waals surface area contributed by atoms with E-state index in [1.165, 1.54) is 24.4 Å². The van der Waals surface area contributed by atoms with E-state index in [1.54, 1.807) is 11.0 Å². The maximum absolute atomic E-state index is 14.3. The fourth-order valence-electron chi connectivity index (χ4n) is 2.48. The van der Waals surface area contributed by atoms with Crippen molar-refractivity contribution < 1.29 is 23.5 Å². The van der Waals surface area contributed by atoms with Crippen LogP contribution in [-0.2, 0) is 14.3 Å². The normalized spacial score (nSPS) is 20.8. The number of cyclic esters (lactones) is 1. The van der Waals surface area contributed by atoms with E-state index in [0.717, 1.165) is 4.90 Å². The number of carbonyl (C=O) groups excluding carboxylic acids is 3. The lowest BCUT2D eigenvalue weighted by Crippen LogP contribution is -2.32. The second-order valence-corrected chi connectivity index (χ2v) is 5.25. The third-order valence-corrected chi connectivity index (χ3v) is 3.72. The van der Waals surface area contributed by atoms with Crippen molar-refractivity contribution in [3.05, 3.63) is 36.3 Å². The number of rotatable bonds is 3. The highest BCUT2D eigenvalue weighted by Crippen LogP contribution is 2.28. The molecule has 1 saturated heterocycles. The van der Waals surface area contributed by atoms with Crippen molar-refractivity contribution in [2.24, 2.45) is 5.73 Å². The minimum atomic E-state index is -1.04. The van der Waals surface area contributed by atoms with Crippen molar-refractivity contribution >= 4 is 29.2 Å². The zero-order valence-corrected chi connectivity index (χ0v) is 12.1. The maximum Gasteiger partial charge on any atom is 0.415 e. The molecule has 120 valence electrons. The maximum atomic E-state index is 14.3. The molecule has 2 heterocycles. The van der Waals surface area contributed by atoms with E-state index in [2.05, 4.69) is 0 Å². The van der Waals surface area contributed by atoms with Gasteiger partial charge >= 0.3 is 6.09 Å². The van der Waals surface area contributed by atoms with Gasteiger partial charge in [0.25, 0.3) is 5.91 Å². The van der Waals surface area contributed by atoms with Crippen molar-refractivity contribution in [3.8, 4) is 0 Å². The summed E-state index contributed by atoms with van der Waals surface area (Å²) >= 11 is 0. The lowest BCUT2D eigenvalue weighted by molar-refractivity contribution is -0.124. The van der Waals surface area contributed by atoms with E-state index in [1.807, 2.05) is 0 Å². The number of nitrogens with two attached hydrogens (primary N) is 1. The summed E-state index contributed by atoms with van der Waals surface area (Å²) in [6.07, 6.45) is 1.45. The molecule has 2 amide bonds. The third-order valence-electron chi connectivity index (χ3n) is 3.72. The van der Waals surface area contributed by atoms with Crippen LogP contribution in [-0.4, -0.2) is 37.0 Å². The van der Waals surface area contributed by atoms with Crippen LogP contribution in [0.15, 0.2) is 30.5 Å². The highest BCUT2D eigenvalue weighted by Gasteiger charge is 2.36. The average molecular weight is 319 g/mol. The topological polar surface area (TPSA) is 92.9 Å². The summed E-state index contributed by atoms with van der Waals surface area (Å²) in [4.78, 5) is 36.8. The Bertz CT molecular complexity index is 719. The molecule has 1 atom stereocenters. The zero-order chi connectivity index (χ0) is 16.6. The molecule has 7 nitrogen and oxygen atoms in total. The number of allylic oxidation sites excluding steroid dienone is 1. The lowest BCUT2D eigenvalue weighted by Gasteiger charge is -2.24. The molecule has 0 bridgehead atoms. The number of ether oxygens (including phenoxy) is 1. The van der Waals surface area contributed by atoms with E-state index in [9.17, 15) is 18.8 Å². The number of primary amides is 1. The molecule has 2 aliphatic rings. The second-order valence-electron chi connectivity index (χ2n) is 5.25. The molecule has 1 fully saturated rings. The van der Waals surface area contributed by atoms with Gasteiger partial charge in [0.1, 0.15) is 5.82 Å². The minimum Gasteiger partial charge on any atom is -0.434 e. The van der Waals surface area contributed by atoms with Gasteiger partial charge in [-0.1, -0.05) is 0 Å². The quantitative estimate of drug-likeness (QED) is 0.894. The highest BCUT2D eigenvalue weighted by molar-refractivity contribution is 5.95. The third kappa shape index (κ3) is 2.87. The number of hydrogen-bond acceptors (Lipinski definition) is 5. The van der Waals surface area contributed by atoms with Crippen molar-refractivity contribution in [2.75, 3.05) is 22.9 Å². The molecule has 1 aromatic carbocycles. The second kappa shape index (κ2) is 5.71. The first-order valence-electron chi connectivity index (χ1n) is 7.00. The number of nitrogens with zero attached hydrogens (tertiary/aromatic N) is 2. The van der Waals surface area contributed by atoms with E-state index < -0.39 is 23.9 Å². The monoisotopic (exact) mass is 319 g/mol. The molecule has 3 rings (SSSR count). The standard InChI is InChI=1S/C15H14FN3O4/c16-11-7-9(19-8-13(14(17)21)23-15(19)22)1-2-12(11)18-5-3-10(20)4-6-18/h1-3,5,7,13H,4,6,8H2,(H2,17,21)/t13-/m1/s1. The van der Waals surface area contributed by atoms with E-state index in [0.29, 0.717) is 18.7 Å². The summed E-state index contributed by atoms with van der Waals surface area (Å²) < 4.78 is 19.2. The Kier molecular flexibility index (Phi) is 3.73. The number of benzene rings is 1. The van der Waals surface area contributed by atoms with Crippen LogP contribution >= 0.6 is 0 Å². The van der Waals surface area contributed by atoms with Gasteiger partial charge in [0.15, 0.2) is 11.9 Å². The summed E-state index contributed by atoms with van der Waals surface area (Å²) in [7, 11) is 0. The minimum absolute atomic E-state index is 0.00409. The molecule has 0 unspecified atom stereocenters. The molecule has 0 spiro atoms. The molecule has 0 aliphatic carbocycles. The summed E-state index contributed by atoms with van der Waals surface area (Å²) in [5.74, 6) is -1.30. The number of halogens is 1. The summed E-state index contributed by atoms with van der Waals surface area (Å²) in [5, 5.41) is 0. The Morgan fingerprint density at radius 2 is 2.13 bits per heavy atom. The highest BCUT2D eigenvalue weighted by atomic mass is 19.1. The first-order valence-corrected chi connectivity index (χ1v) is 7.00. The van der Waals surface area contributed by atoms with Gasteiger partial charge in [-0.05, 0) is 24.3 Å². The predicted molar refractivity (Wildman–Crippen MR) is 79.3 cm³/mol. The van der Waals surface area contributed by atoms with Crippen LogP contribution in [0, 0.1) is 5.82 Å². The lowest BCUT2D eigenvalue weighted by atomic mass is 10.1. The van der Waals surface area contributed by atoms with Crippen LogP contribution in [0.3, 0.4) is 0 Å². The Morgan fingerprint density at radius 3 is 2.70 bits per heavy atom. The van der Waals surface area contributed by atoms with Crippen LogP contribution in [0.4, 0.5) is 20.6 Å². The molecule has 2 N–H and O–H groups in total. The average Bonchev–Trinajstić information content (AvgIpc) is 2.90. The number of carbonyl (C=O) groups is 3. The van der Waals surface area contributed by atoms with Crippen LogP contribution in [0.5, 0.6) is 0 Å². The van der Waals surface area contributed by atoms with Crippen molar-refractivity contribution in [1.29, 1.82) is 0 Å². The molecule has 23 heavy (non-hydrogen) atoms. The molecule has 2 aliphatic heterocycles. The van der Waals surface area contributed by atoms with Crippen molar-refractivity contribution in [2.45, 2.75) is 12.5 Å². The number of hydrogen-bond donors (Lipinski definition) is 1. The van der Waals surface area contributed by atoms with E-state index in [-0.39, 0.29) is 18.0 Å². The Hall–Kier alpha value is -2.90. The van der Waals surface area contributed by atoms with Gasteiger partial charge in [0, 0.05) is 19.2 Å². The van der Waals surface area contributed by atoms with Crippen molar-refractivity contribution in [3.63, 3.8) is 0 Å². The number of amides is 2. The summed E-state index contributed by atoms with van der Waals surface area (Å²) in [6.45, 7) is 0.339. The van der Waals surface area contributed by atoms with Crippen LogP contribution < -0.4 is 15.5 Å². The Balaban J connectivity index is 1.82. The number of ketones is 1. The van der Waals surface area contributed by atoms with Crippen molar-refractivity contribution in [1.82, 2.24) is 0 Å². The number of anilines is 2. The first kappa shape index (κ1) is 15.0. The smallest absolute Gasteiger partial charge is 0.415 e. The fourth-order valence-corrected chi connectivity index (χ4v) is 2.48. The molecule has 1 aromatic rings. The Labute approximate surface area is 131 Å². The summed E-state index contributed by atoms with van der Waals surface area (Å²) in [6, 6.07) is 4.24. The van der Waals surface area contributed by atoms with Gasteiger partial charge in [0.2, 0.25) is 0 Å². The largest absolute Gasteiger partial charge is 0.434 e. The van der Waals surface area contributed by atoms with Gasteiger partial charge in [-0.15, -0.1) is 0 Å². The van der Waals surface area contributed by atoms with Crippen LogP contribution in [0.2, 0.25) is 0 Å². The fraction of sp³-hybridized carbons (Fsp3) is 0.267. The zero-order valence-electron chi connectivity index (χ0n) is 12.1. The molecular formula is C15H14FN3O4.